The van der Waals surface area contributed by atoms with E-state index in [1.54, 1.807) is 6.08 Å². The summed E-state index contributed by atoms with van der Waals surface area (Å²) in [5.74, 6) is -1.21. The smallest absolute Gasteiger partial charge is 0.239 e. The number of carbonyl (C=O) groups is 2. The molecule has 0 unspecified atom stereocenters. The van der Waals surface area contributed by atoms with Crippen molar-refractivity contribution in [1.82, 2.24) is 5.32 Å². The number of nitrogens with one attached hydrogen (secondary N) is 1. The van der Waals surface area contributed by atoms with E-state index in [1.807, 2.05) is 0 Å². The molecule has 3 N–H and O–H groups in total. The van der Waals surface area contributed by atoms with Crippen LogP contribution in [-0.2, 0) is 16.0 Å². The Morgan fingerprint density at radius 1 is 1.35 bits per heavy atom. The maximum Gasteiger partial charge on any atom is 0.239 e. The molecule has 4 nitrogen and oxygen atoms in total. The molecule has 0 bridgehead atoms. The number of benzene rings is 1. The number of halogens is 1. The minimum atomic E-state index is -0.678. The first-order chi connectivity index (χ1) is 9.52. The van der Waals surface area contributed by atoms with Gasteiger partial charge in [0.25, 0.3) is 0 Å². The highest BCUT2D eigenvalue weighted by atomic mass is 19.1. The molecule has 0 fully saturated rings. The van der Waals surface area contributed by atoms with Gasteiger partial charge in [-0.2, -0.15) is 0 Å². The second-order valence-corrected chi connectivity index (χ2v) is 4.55. The van der Waals surface area contributed by atoms with Crippen molar-refractivity contribution in [2.24, 2.45) is 5.73 Å². The third-order valence-corrected chi connectivity index (χ3v) is 2.86. The maximum atomic E-state index is 12.7. The molecule has 1 aromatic carbocycles. The Morgan fingerprint density at radius 3 is 2.55 bits per heavy atom. The Kier molecular flexibility index (Phi) is 6.43. The van der Waals surface area contributed by atoms with Gasteiger partial charge in [-0.05, 0) is 37.0 Å². The van der Waals surface area contributed by atoms with Gasteiger partial charge >= 0.3 is 0 Å². The average Bonchev–Trinajstić information content (AvgIpc) is 2.40. The highest BCUT2D eigenvalue weighted by Crippen LogP contribution is 2.05. The third kappa shape index (κ3) is 5.65. The SMILES string of the molecule is C=CCCC[C@H](NC(=O)Cc1ccc(F)cc1)C(N)=O. The van der Waals surface area contributed by atoms with Crippen LogP contribution in [0.5, 0.6) is 0 Å². The fraction of sp³-hybridized carbons (Fsp3) is 0.333. The van der Waals surface area contributed by atoms with E-state index in [-0.39, 0.29) is 18.1 Å². The number of hydrogen-bond donors (Lipinski definition) is 2. The van der Waals surface area contributed by atoms with Crippen molar-refractivity contribution in [1.29, 1.82) is 0 Å². The van der Waals surface area contributed by atoms with E-state index >= 15 is 0 Å². The van der Waals surface area contributed by atoms with Crippen molar-refractivity contribution < 1.29 is 14.0 Å². The average molecular weight is 278 g/mol. The number of allylic oxidation sites excluding steroid dienone is 1. The van der Waals surface area contributed by atoms with E-state index in [0.717, 1.165) is 12.8 Å². The summed E-state index contributed by atoms with van der Waals surface area (Å²) in [6.07, 6.45) is 3.81. The van der Waals surface area contributed by atoms with Gasteiger partial charge < -0.3 is 11.1 Å². The zero-order valence-corrected chi connectivity index (χ0v) is 11.3. The summed E-state index contributed by atoms with van der Waals surface area (Å²) >= 11 is 0. The van der Waals surface area contributed by atoms with Crippen molar-refractivity contribution in [2.45, 2.75) is 31.7 Å². The van der Waals surface area contributed by atoms with Gasteiger partial charge in [-0.3, -0.25) is 9.59 Å². The van der Waals surface area contributed by atoms with Crippen LogP contribution in [0.15, 0.2) is 36.9 Å². The number of nitrogens with two attached hydrogens (primary N) is 1. The van der Waals surface area contributed by atoms with E-state index in [4.69, 9.17) is 5.73 Å². The molecule has 108 valence electrons. The molecule has 0 aliphatic heterocycles. The summed E-state index contributed by atoms with van der Waals surface area (Å²) in [4.78, 5) is 23.1. The van der Waals surface area contributed by atoms with Crippen molar-refractivity contribution >= 4 is 11.8 Å². The van der Waals surface area contributed by atoms with Gasteiger partial charge in [-0.15, -0.1) is 6.58 Å². The lowest BCUT2D eigenvalue weighted by Gasteiger charge is -2.15. The van der Waals surface area contributed by atoms with E-state index in [2.05, 4.69) is 11.9 Å². The van der Waals surface area contributed by atoms with Crippen LogP contribution in [0.4, 0.5) is 4.39 Å². The summed E-state index contributed by atoms with van der Waals surface area (Å²) in [5.41, 5.74) is 5.93. The summed E-state index contributed by atoms with van der Waals surface area (Å²) in [7, 11) is 0. The monoisotopic (exact) mass is 278 g/mol. The molecule has 0 aromatic heterocycles. The molecule has 0 aliphatic carbocycles. The van der Waals surface area contributed by atoms with Gasteiger partial charge in [0.2, 0.25) is 11.8 Å². The molecule has 2 amide bonds. The van der Waals surface area contributed by atoms with Crippen LogP contribution in [0, 0.1) is 5.82 Å². The molecule has 0 radical (unpaired) electrons. The Labute approximate surface area is 117 Å². The third-order valence-electron chi connectivity index (χ3n) is 2.86. The molecule has 0 spiro atoms. The van der Waals surface area contributed by atoms with Gasteiger partial charge in [-0.25, -0.2) is 4.39 Å². The zero-order chi connectivity index (χ0) is 15.0. The molecule has 1 atom stereocenters. The second-order valence-electron chi connectivity index (χ2n) is 4.55. The molecule has 0 saturated carbocycles. The fourth-order valence-electron chi connectivity index (χ4n) is 1.78. The minimum Gasteiger partial charge on any atom is -0.368 e. The lowest BCUT2D eigenvalue weighted by Crippen LogP contribution is -2.44. The van der Waals surface area contributed by atoms with E-state index in [9.17, 15) is 14.0 Å². The fourth-order valence-corrected chi connectivity index (χ4v) is 1.78. The first-order valence-electron chi connectivity index (χ1n) is 6.47. The number of primary amides is 1. The predicted molar refractivity (Wildman–Crippen MR) is 75.3 cm³/mol. The molecular formula is C15H19FN2O2. The van der Waals surface area contributed by atoms with Crippen LogP contribution >= 0.6 is 0 Å². The van der Waals surface area contributed by atoms with Gasteiger partial charge in [0, 0.05) is 0 Å². The van der Waals surface area contributed by atoms with Gasteiger partial charge in [0.05, 0.1) is 6.42 Å². The molecule has 0 saturated heterocycles. The lowest BCUT2D eigenvalue weighted by molar-refractivity contribution is -0.127. The molecule has 0 heterocycles. The molecule has 0 aliphatic rings. The standard InChI is InChI=1S/C15H19FN2O2/c1-2-3-4-5-13(15(17)20)18-14(19)10-11-6-8-12(16)9-7-11/h2,6-9,13H,1,3-5,10H2,(H2,17,20)(H,18,19)/t13-/m0/s1. The quantitative estimate of drug-likeness (QED) is 0.561. The molecule has 20 heavy (non-hydrogen) atoms. The zero-order valence-electron chi connectivity index (χ0n) is 11.3. The van der Waals surface area contributed by atoms with Crippen LogP contribution in [0.25, 0.3) is 0 Å². The second kappa shape index (κ2) is 8.09. The van der Waals surface area contributed by atoms with Crippen LogP contribution < -0.4 is 11.1 Å². The highest BCUT2D eigenvalue weighted by molar-refractivity contribution is 5.87. The largest absolute Gasteiger partial charge is 0.368 e. The first kappa shape index (κ1) is 15.9. The van der Waals surface area contributed by atoms with E-state index < -0.39 is 11.9 Å². The maximum absolute atomic E-state index is 12.7. The molecular weight excluding hydrogens is 259 g/mol. The van der Waals surface area contributed by atoms with Crippen LogP contribution in [0.2, 0.25) is 0 Å². The van der Waals surface area contributed by atoms with Crippen molar-refractivity contribution in [3.05, 3.63) is 48.3 Å². The number of unbranched alkanes of at least 4 members (excludes halogenated alkanes) is 1. The van der Waals surface area contributed by atoms with Crippen molar-refractivity contribution in [3.63, 3.8) is 0 Å². The predicted octanol–water partition coefficient (Wildman–Crippen LogP) is 1.69. The number of amides is 2. The Morgan fingerprint density at radius 2 is 2.00 bits per heavy atom. The topological polar surface area (TPSA) is 72.2 Å². The van der Waals surface area contributed by atoms with Gasteiger partial charge in [-0.1, -0.05) is 18.2 Å². The Hall–Kier alpha value is -2.17. The van der Waals surface area contributed by atoms with E-state index in [0.29, 0.717) is 12.0 Å². The summed E-state index contributed by atoms with van der Waals surface area (Å²) < 4.78 is 12.7. The molecule has 1 aromatic rings. The van der Waals surface area contributed by atoms with Crippen LogP contribution in [0.3, 0.4) is 0 Å². The Balaban J connectivity index is 2.50. The molecule has 5 heteroatoms. The van der Waals surface area contributed by atoms with Crippen LogP contribution in [0.1, 0.15) is 24.8 Å². The Bertz CT molecular complexity index is 471. The van der Waals surface area contributed by atoms with Crippen LogP contribution in [-0.4, -0.2) is 17.9 Å². The summed E-state index contributed by atoms with van der Waals surface area (Å²) in [6, 6.07) is 4.97. The van der Waals surface area contributed by atoms with Crippen molar-refractivity contribution in [3.8, 4) is 0 Å². The highest BCUT2D eigenvalue weighted by Gasteiger charge is 2.17. The number of rotatable bonds is 8. The van der Waals surface area contributed by atoms with E-state index in [1.165, 1.54) is 24.3 Å². The van der Waals surface area contributed by atoms with Crippen molar-refractivity contribution in [2.75, 3.05) is 0 Å². The molecule has 1 rings (SSSR count). The number of hydrogen-bond acceptors (Lipinski definition) is 2. The number of carbonyl (C=O) groups excluding carboxylic acids is 2. The normalized spacial score (nSPS) is 11.7. The minimum absolute atomic E-state index is 0.0888. The van der Waals surface area contributed by atoms with Gasteiger partial charge in [0.15, 0.2) is 0 Å². The lowest BCUT2D eigenvalue weighted by atomic mass is 10.1. The summed E-state index contributed by atoms with van der Waals surface area (Å²) in [5, 5.41) is 2.60. The summed E-state index contributed by atoms with van der Waals surface area (Å²) in [6.45, 7) is 3.59. The first-order valence-corrected chi connectivity index (χ1v) is 6.47. The van der Waals surface area contributed by atoms with Gasteiger partial charge in [0.1, 0.15) is 11.9 Å².